The van der Waals surface area contributed by atoms with Crippen LogP contribution in [0.5, 0.6) is 0 Å². The molecule has 0 aliphatic heterocycles. The van der Waals surface area contributed by atoms with Gasteiger partial charge in [-0.05, 0) is 37.8 Å². The lowest BCUT2D eigenvalue weighted by Crippen LogP contribution is -2.20. The summed E-state index contributed by atoms with van der Waals surface area (Å²) in [7, 11) is 0. The summed E-state index contributed by atoms with van der Waals surface area (Å²) < 4.78 is 10.7. The second kappa shape index (κ2) is 3.63. The van der Waals surface area contributed by atoms with Gasteiger partial charge >= 0.3 is 0 Å². The SMILES string of the molecule is [2H]c1c(C(C)(C)C)c2ccccc2n1C(C)(C)C. The lowest BCUT2D eigenvalue weighted by Gasteiger charge is -2.23. The predicted molar refractivity (Wildman–Crippen MR) is 75.6 cm³/mol. The van der Waals surface area contributed by atoms with Crippen LogP contribution >= 0.6 is 0 Å². The smallest absolute Gasteiger partial charge is 0.0822 e. The van der Waals surface area contributed by atoms with Crippen molar-refractivity contribution in [2.75, 3.05) is 0 Å². The minimum Gasteiger partial charge on any atom is -0.342 e. The molecule has 0 amide bonds. The topological polar surface area (TPSA) is 4.93 Å². The largest absolute Gasteiger partial charge is 0.342 e. The molecular weight excluding hydrogens is 206 g/mol. The molecule has 1 aromatic heterocycles. The predicted octanol–water partition coefficient (Wildman–Crippen LogP) is 4.69. The third-order valence-electron chi connectivity index (χ3n) is 3.06. The van der Waals surface area contributed by atoms with Crippen molar-refractivity contribution in [3.63, 3.8) is 0 Å². The van der Waals surface area contributed by atoms with Crippen LogP contribution in [-0.2, 0) is 11.0 Å². The lowest BCUT2D eigenvalue weighted by atomic mass is 9.87. The molecule has 0 bridgehead atoms. The van der Waals surface area contributed by atoms with Crippen molar-refractivity contribution in [1.29, 1.82) is 0 Å². The number of hydrogen-bond acceptors (Lipinski definition) is 0. The first-order chi connectivity index (χ1) is 8.14. The van der Waals surface area contributed by atoms with Crippen LogP contribution in [0.1, 0.15) is 48.5 Å². The van der Waals surface area contributed by atoms with Crippen LogP contribution in [0.25, 0.3) is 10.9 Å². The van der Waals surface area contributed by atoms with Crippen LogP contribution in [-0.4, -0.2) is 4.57 Å². The van der Waals surface area contributed by atoms with E-state index >= 15 is 0 Å². The van der Waals surface area contributed by atoms with Gasteiger partial charge < -0.3 is 4.57 Å². The van der Waals surface area contributed by atoms with Crippen molar-refractivity contribution >= 4 is 10.9 Å². The quantitative estimate of drug-likeness (QED) is 0.618. The van der Waals surface area contributed by atoms with Gasteiger partial charge in [0.2, 0.25) is 0 Å². The first-order valence-corrected chi connectivity index (χ1v) is 6.25. The minimum atomic E-state index is -0.0693. The summed E-state index contributed by atoms with van der Waals surface area (Å²) in [5.41, 5.74) is 2.24. The molecule has 0 radical (unpaired) electrons. The van der Waals surface area contributed by atoms with Gasteiger partial charge in [-0.3, -0.25) is 0 Å². The Labute approximate surface area is 106 Å². The molecule has 0 saturated carbocycles. The summed E-state index contributed by atoms with van der Waals surface area (Å²) >= 11 is 0. The van der Waals surface area contributed by atoms with Gasteiger partial charge in [-0.25, -0.2) is 0 Å². The highest BCUT2D eigenvalue weighted by Gasteiger charge is 2.23. The summed E-state index contributed by atoms with van der Waals surface area (Å²) in [5, 5.41) is 1.21. The Hall–Kier alpha value is -1.24. The van der Waals surface area contributed by atoms with E-state index in [0.717, 1.165) is 5.56 Å². The van der Waals surface area contributed by atoms with Gasteiger partial charge in [0.15, 0.2) is 0 Å². The van der Waals surface area contributed by atoms with Gasteiger partial charge in [0.1, 0.15) is 0 Å². The molecule has 0 spiro atoms. The molecule has 0 aliphatic rings. The fourth-order valence-electron chi connectivity index (χ4n) is 2.21. The van der Waals surface area contributed by atoms with Crippen molar-refractivity contribution in [2.24, 2.45) is 0 Å². The molecule has 2 aromatic rings. The molecule has 0 aliphatic carbocycles. The third-order valence-corrected chi connectivity index (χ3v) is 3.06. The van der Waals surface area contributed by atoms with E-state index in [1.54, 1.807) is 0 Å². The van der Waals surface area contributed by atoms with E-state index in [1.807, 2.05) is 0 Å². The number of nitrogens with zero attached hydrogens (tertiary/aromatic N) is 1. The van der Waals surface area contributed by atoms with E-state index in [0.29, 0.717) is 6.17 Å². The lowest BCUT2D eigenvalue weighted by molar-refractivity contribution is 0.408. The van der Waals surface area contributed by atoms with E-state index in [9.17, 15) is 0 Å². The van der Waals surface area contributed by atoms with Gasteiger partial charge in [0, 0.05) is 22.6 Å². The maximum atomic E-state index is 8.55. The zero-order chi connectivity index (χ0) is 13.7. The number of hydrogen-bond donors (Lipinski definition) is 0. The van der Waals surface area contributed by atoms with Crippen LogP contribution in [0.3, 0.4) is 0 Å². The third kappa shape index (κ3) is 2.11. The Balaban J connectivity index is 2.94. The molecule has 1 nitrogen and oxygen atoms in total. The van der Waals surface area contributed by atoms with Gasteiger partial charge in [-0.1, -0.05) is 39.0 Å². The van der Waals surface area contributed by atoms with E-state index in [2.05, 4.69) is 70.4 Å². The summed E-state index contributed by atoms with van der Waals surface area (Å²) in [6, 6.07) is 8.37. The Kier molecular flexibility index (Phi) is 2.32. The van der Waals surface area contributed by atoms with Gasteiger partial charge in [0.05, 0.1) is 1.37 Å². The second-order valence-electron chi connectivity index (χ2n) is 6.76. The standard InChI is InChI=1S/C16H23N/c1-15(2,3)13-11-17(16(4,5)6)14-10-8-7-9-12(13)14/h7-11H,1-6H3/i11D. The van der Waals surface area contributed by atoms with Crippen LogP contribution in [0, 0.1) is 0 Å². The number of fused-ring (bicyclic) bond motifs is 1. The highest BCUT2D eigenvalue weighted by atomic mass is 15.0. The average Bonchev–Trinajstić information content (AvgIpc) is 2.47. The van der Waals surface area contributed by atoms with E-state index < -0.39 is 0 Å². The Bertz CT molecular complexity index is 528. The molecule has 1 heterocycles. The van der Waals surface area contributed by atoms with Crippen LogP contribution in [0.15, 0.2) is 30.4 Å². The Morgan fingerprint density at radius 2 is 1.59 bits per heavy atom. The van der Waals surface area contributed by atoms with Crippen LogP contribution in [0.4, 0.5) is 0 Å². The average molecular weight is 230 g/mol. The molecule has 0 fully saturated rings. The maximum Gasteiger partial charge on any atom is 0.0822 e. The van der Waals surface area contributed by atoms with Gasteiger partial charge in [-0.15, -0.1) is 0 Å². The van der Waals surface area contributed by atoms with Gasteiger partial charge in [0.25, 0.3) is 0 Å². The van der Waals surface area contributed by atoms with E-state index in [4.69, 9.17) is 1.37 Å². The van der Waals surface area contributed by atoms with Crippen molar-refractivity contribution in [3.05, 3.63) is 36.0 Å². The maximum absolute atomic E-state index is 8.55. The Morgan fingerprint density at radius 1 is 1.00 bits per heavy atom. The molecule has 1 heteroatoms. The first-order valence-electron chi connectivity index (χ1n) is 6.75. The summed E-state index contributed by atoms with van der Waals surface area (Å²) in [5.74, 6) is 0. The highest BCUT2D eigenvalue weighted by molar-refractivity contribution is 5.85. The number of aromatic nitrogens is 1. The molecular formula is C16H23N. The monoisotopic (exact) mass is 230 g/mol. The van der Waals surface area contributed by atoms with Crippen molar-refractivity contribution < 1.29 is 1.37 Å². The second-order valence-corrected chi connectivity index (χ2v) is 6.76. The number of para-hydroxylation sites is 1. The highest BCUT2D eigenvalue weighted by Crippen LogP contribution is 2.34. The molecule has 0 saturated heterocycles. The Morgan fingerprint density at radius 3 is 2.12 bits per heavy atom. The van der Waals surface area contributed by atoms with Crippen molar-refractivity contribution in [1.82, 2.24) is 4.57 Å². The molecule has 2 rings (SSSR count). The van der Waals surface area contributed by atoms with E-state index in [1.165, 1.54) is 10.9 Å². The molecule has 17 heavy (non-hydrogen) atoms. The summed E-state index contributed by atoms with van der Waals surface area (Å²) in [6.07, 6.45) is 0.649. The van der Waals surface area contributed by atoms with Crippen LogP contribution < -0.4 is 0 Å². The molecule has 92 valence electrons. The fourth-order valence-corrected chi connectivity index (χ4v) is 2.21. The fraction of sp³-hybridized carbons (Fsp3) is 0.500. The van der Waals surface area contributed by atoms with Gasteiger partial charge in [-0.2, -0.15) is 0 Å². The zero-order valence-corrected chi connectivity index (χ0v) is 11.8. The molecule has 0 unspecified atom stereocenters. The number of benzene rings is 1. The van der Waals surface area contributed by atoms with Crippen molar-refractivity contribution in [3.8, 4) is 0 Å². The normalized spacial score (nSPS) is 14.1. The summed E-state index contributed by atoms with van der Waals surface area (Å²) in [6.45, 7) is 13.0. The summed E-state index contributed by atoms with van der Waals surface area (Å²) in [4.78, 5) is 0. The molecule has 0 N–H and O–H groups in total. The zero-order valence-electron chi connectivity index (χ0n) is 12.8. The molecule has 0 atom stereocenters. The minimum absolute atomic E-state index is 0.00676. The van der Waals surface area contributed by atoms with Crippen molar-refractivity contribution in [2.45, 2.75) is 52.5 Å². The van der Waals surface area contributed by atoms with E-state index in [-0.39, 0.29) is 11.0 Å². The molecule has 1 aromatic carbocycles. The first kappa shape index (κ1) is 10.9. The van der Waals surface area contributed by atoms with Crippen LogP contribution in [0.2, 0.25) is 0 Å². The number of rotatable bonds is 0.